The molecule has 1 aliphatic carbocycles. The van der Waals surface area contributed by atoms with Crippen LogP contribution in [0.1, 0.15) is 59.9 Å². The van der Waals surface area contributed by atoms with Crippen molar-refractivity contribution in [3.05, 3.63) is 111 Å². The van der Waals surface area contributed by atoms with E-state index in [2.05, 4.69) is 32.2 Å². The summed E-state index contributed by atoms with van der Waals surface area (Å²) < 4.78 is 5.63. The fraction of sp³-hybridized carbons (Fsp3) is 0.265. The van der Waals surface area contributed by atoms with Crippen molar-refractivity contribution in [1.29, 1.82) is 0 Å². The molecule has 0 spiro atoms. The summed E-state index contributed by atoms with van der Waals surface area (Å²) in [5.41, 5.74) is 5.82. The van der Waals surface area contributed by atoms with Crippen molar-refractivity contribution >= 4 is 57.6 Å². The van der Waals surface area contributed by atoms with Crippen LogP contribution in [-0.4, -0.2) is 23.5 Å². The number of benzene rings is 3. The lowest BCUT2D eigenvalue weighted by Gasteiger charge is -2.36. The van der Waals surface area contributed by atoms with Gasteiger partial charge in [0.1, 0.15) is 0 Å². The maximum absolute atomic E-state index is 13.7. The van der Waals surface area contributed by atoms with Crippen molar-refractivity contribution in [1.82, 2.24) is 10.3 Å². The minimum Gasteiger partial charge on any atom is -0.452 e. The second-order valence-corrected chi connectivity index (χ2v) is 12.4. The lowest BCUT2D eigenvalue weighted by molar-refractivity contribution is -0.124. The first-order valence-electron chi connectivity index (χ1n) is 13.6. The van der Waals surface area contributed by atoms with Crippen LogP contribution in [0.4, 0.5) is 0 Å². The van der Waals surface area contributed by atoms with E-state index in [0.29, 0.717) is 34.1 Å². The molecule has 0 bridgehead atoms. The fourth-order valence-corrected chi connectivity index (χ4v) is 5.44. The molecule has 1 N–H and O–H groups in total. The summed E-state index contributed by atoms with van der Waals surface area (Å²) in [6, 6.07) is 22.5. The van der Waals surface area contributed by atoms with E-state index in [1.165, 1.54) is 0 Å². The van der Waals surface area contributed by atoms with E-state index in [-0.39, 0.29) is 23.8 Å². The van der Waals surface area contributed by atoms with Crippen molar-refractivity contribution in [2.45, 2.75) is 40.2 Å². The number of halogens is 2. The van der Waals surface area contributed by atoms with Crippen LogP contribution >= 0.6 is 23.2 Å². The van der Waals surface area contributed by atoms with Gasteiger partial charge in [-0.05, 0) is 82.8 Å². The molecule has 1 amide bonds. The predicted octanol–water partition coefficient (Wildman–Crippen LogP) is 8.16. The Morgan fingerprint density at radius 3 is 2.29 bits per heavy atom. The smallest absolute Gasteiger partial charge is 0.339 e. The zero-order chi connectivity index (χ0) is 29.1. The van der Waals surface area contributed by atoms with Crippen LogP contribution in [0, 0.1) is 11.3 Å². The number of aromatic nitrogens is 1. The van der Waals surface area contributed by atoms with Crippen molar-refractivity contribution in [2.24, 2.45) is 11.3 Å². The Morgan fingerprint density at radius 2 is 1.61 bits per heavy atom. The monoisotopic (exact) mass is 586 g/mol. The van der Waals surface area contributed by atoms with Crippen LogP contribution in [0.15, 0.2) is 72.8 Å². The number of allylic oxidation sites excluding steroid dienone is 1. The van der Waals surface area contributed by atoms with Crippen molar-refractivity contribution in [2.75, 3.05) is 6.61 Å². The second kappa shape index (κ2) is 12.1. The standard InChI is InChI=1S/C34H32Cl2N2O3/c1-34(2,3)24-17-23(16-21-8-12-25(35)13-9-21)32-28(18-24)31(27-6-4-5-7-29(27)38-32)33(40)41-20-30(39)37-19-22-10-14-26(36)15-11-22/h4-16,24H,17-20H2,1-3H3,(H,37,39)/b23-16+. The van der Waals surface area contributed by atoms with Gasteiger partial charge < -0.3 is 10.1 Å². The van der Waals surface area contributed by atoms with Gasteiger partial charge in [0, 0.05) is 22.0 Å². The number of ether oxygens (including phenoxy) is 1. The number of nitrogens with one attached hydrogen (secondary N) is 1. The number of hydrogen-bond donors (Lipinski definition) is 1. The molecule has 1 heterocycles. The third-order valence-electron chi connectivity index (χ3n) is 7.59. The molecule has 41 heavy (non-hydrogen) atoms. The number of carbonyl (C=O) groups is 2. The van der Waals surface area contributed by atoms with Crippen LogP contribution in [0.25, 0.3) is 22.6 Å². The van der Waals surface area contributed by atoms with Gasteiger partial charge in [0.2, 0.25) is 0 Å². The highest BCUT2D eigenvalue weighted by Gasteiger charge is 2.35. The molecule has 3 aromatic carbocycles. The maximum atomic E-state index is 13.7. The molecule has 5 nitrogen and oxygen atoms in total. The molecular weight excluding hydrogens is 555 g/mol. The van der Waals surface area contributed by atoms with E-state index in [1.807, 2.05) is 60.7 Å². The van der Waals surface area contributed by atoms with Gasteiger partial charge in [0.05, 0.1) is 16.8 Å². The Bertz CT molecular complexity index is 1620. The van der Waals surface area contributed by atoms with Gasteiger partial charge in [-0.25, -0.2) is 9.78 Å². The van der Waals surface area contributed by atoms with Crippen LogP contribution in [0.3, 0.4) is 0 Å². The molecule has 1 aromatic heterocycles. The molecular formula is C34H32Cl2N2O3. The van der Waals surface area contributed by atoms with Crippen LogP contribution in [0.5, 0.6) is 0 Å². The SMILES string of the molecule is CC(C)(C)C1C/C(=C\c2ccc(Cl)cc2)c2nc3ccccc3c(C(=O)OCC(=O)NCc3ccc(Cl)cc3)c2C1. The number of rotatable bonds is 6. The molecule has 0 saturated heterocycles. The third-order valence-corrected chi connectivity index (χ3v) is 8.10. The Balaban J connectivity index is 1.48. The number of para-hydroxylation sites is 1. The first kappa shape index (κ1) is 28.8. The van der Waals surface area contributed by atoms with E-state index in [0.717, 1.165) is 39.8 Å². The molecule has 0 saturated carbocycles. The molecule has 5 rings (SSSR count). The second-order valence-electron chi connectivity index (χ2n) is 11.5. The maximum Gasteiger partial charge on any atom is 0.339 e. The van der Waals surface area contributed by atoms with Crippen LogP contribution in [-0.2, 0) is 22.5 Å². The first-order valence-corrected chi connectivity index (χ1v) is 14.4. The van der Waals surface area contributed by atoms with Gasteiger partial charge in [-0.2, -0.15) is 0 Å². The first-order chi connectivity index (χ1) is 19.6. The van der Waals surface area contributed by atoms with E-state index >= 15 is 0 Å². The Kier molecular flexibility index (Phi) is 8.48. The minimum atomic E-state index is -0.526. The number of pyridine rings is 1. The van der Waals surface area contributed by atoms with Crippen LogP contribution in [0.2, 0.25) is 10.0 Å². The highest BCUT2D eigenvalue weighted by Crippen LogP contribution is 2.45. The molecule has 0 fully saturated rings. The number of carbonyl (C=O) groups excluding carboxylic acids is 2. The van der Waals surface area contributed by atoms with E-state index in [1.54, 1.807) is 12.1 Å². The summed E-state index contributed by atoms with van der Waals surface area (Å²) in [5, 5.41) is 4.82. The van der Waals surface area contributed by atoms with Crippen LogP contribution < -0.4 is 5.32 Å². The van der Waals surface area contributed by atoms with E-state index in [4.69, 9.17) is 32.9 Å². The number of fused-ring (bicyclic) bond motifs is 2. The summed E-state index contributed by atoms with van der Waals surface area (Å²) >= 11 is 12.1. The molecule has 0 aliphatic heterocycles. The number of amides is 1. The van der Waals surface area contributed by atoms with Gasteiger partial charge in [-0.1, -0.05) is 86.4 Å². The minimum absolute atomic E-state index is 0.00878. The van der Waals surface area contributed by atoms with Gasteiger partial charge in [-0.3, -0.25) is 4.79 Å². The Hall–Kier alpha value is -3.67. The molecule has 4 aromatic rings. The van der Waals surface area contributed by atoms with E-state index in [9.17, 15) is 9.59 Å². The summed E-state index contributed by atoms with van der Waals surface area (Å²) in [6.45, 7) is 6.60. The largest absolute Gasteiger partial charge is 0.452 e. The molecule has 210 valence electrons. The van der Waals surface area contributed by atoms with E-state index < -0.39 is 5.97 Å². The normalized spacial score (nSPS) is 15.9. The highest BCUT2D eigenvalue weighted by atomic mass is 35.5. The molecule has 0 radical (unpaired) electrons. The van der Waals surface area contributed by atoms with Gasteiger partial charge in [-0.15, -0.1) is 0 Å². The summed E-state index contributed by atoms with van der Waals surface area (Å²) in [6.07, 6.45) is 3.64. The molecule has 1 unspecified atom stereocenters. The fourth-order valence-electron chi connectivity index (χ4n) is 5.19. The lowest BCUT2D eigenvalue weighted by atomic mass is 9.69. The van der Waals surface area contributed by atoms with Gasteiger partial charge in [0.25, 0.3) is 5.91 Å². The third kappa shape index (κ3) is 6.80. The van der Waals surface area contributed by atoms with Gasteiger partial charge >= 0.3 is 5.97 Å². The summed E-state index contributed by atoms with van der Waals surface area (Å²) in [5.74, 6) is -0.635. The highest BCUT2D eigenvalue weighted by molar-refractivity contribution is 6.30. The quantitative estimate of drug-likeness (QED) is 0.231. The summed E-state index contributed by atoms with van der Waals surface area (Å²) in [4.78, 5) is 31.4. The average Bonchev–Trinajstić information content (AvgIpc) is 2.95. The zero-order valence-electron chi connectivity index (χ0n) is 23.3. The Morgan fingerprint density at radius 1 is 0.951 bits per heavy atom. The topological polar surface area (TPSA) is 68.3 Å². The predicted molar refractivity (Wildman–Crippen MR) is 166 cm³/mol. The number of nitrogens with zero attached hydrogens (tertiary/aromatic N) is 1. The summed E-state index contributed by atoms with van der Waals surface area (Å²) in [7, 11) is 0. The number of esters is 1. The lowest BCUT2D eigenvalue weighted by Crippen LogP contribution is -2.30. The molecule has 1 atom stereocenters. The zero-order valence-corrected chi connectivity index (χ0v) is 24.9. The average molecular weight is 588 g/mol. The van der Waals surface area contributed by atoms with Crippen molar-refractivity contribution < 1.29 is 14.3 Å². The van der Waals surface area contributed by atoms with Crippen molar-refractivity contribution in [3.8, 4) is 0 Å². The van der Waals surface area contributed by atoms with Gasteiger partial charge in [0.15, 0.2) is 6.61 Å². The van der Waals surface area contributed by atoms with Crippen molar-refractivity contribution in [3.63, 3.8) is 0 Å². The molecule has 1 aliphatic rings. The number of hydrogen-bond acceptors (Lipinski definition) is 4. The molecule has 7 heteroatoms. The Labute approximate surface area is 250 Å².